The molecule has 6 heteroatoms. The highest BCUT2D eigenvalue weighted by Crippen LogP contribution is 2.17. The van der Waals surface area contributed by atoms with E-state index in [-0.39, 0.29) is 23.3 Å². The van der Waals surface area contributed by atoms with Gasteiger partial charge in [0.05, 0.1) is 12.7 Å². The predicted molar refractivity (Wildman–Crippen MR) is 68.5 cm³/mol. The van der Waals surface area contributed by atoms with Crippen LogP contribution >= 0.6 is 0 Å². The van der Waals surface area contributed by atoms with Crippen molar-refractivity contribution in [3.05, 3.63) is 11.6 Å². The van der Waals surface area contributed by atoms with Crippen molar-refractivity contribution in [3.63, 3.8) is 0 Å². The molecule has 1 rings (SSSR count). The second-order valence-electron chi connectivity index (χ2n) is 5.43. The van der Waals surface area contributed by atoms with Gasteiger partial charge in [-0.15, -0.1) is 5.10 Å². The highest BCUT2D eigenvalue weighted by atomic mass is 16.5. The fourth-order valence-electron chi connectivity index (χ4n) is 1.24. The summed E-state index contributed by atoms with van der Waals surface area (Å²) < 4.78 is 5.32. The molecular weight excluding hydrogens is 232 g/mol. The van der Waals surface area contributed by atoms with E-state index in [1.165, 1.54) is 0 Å². The van der Waals surface area contributed by atoms with Crippen LogP contribution < -0.4 is 5.32 Å². The van der Waals surface area contributed by atoms with Crippen molar-refractivity contribution in [1.82, 2.24) is 20.5 Å². The molecule has 0 unspecified atom stereocenters. The van der Waals surface area contributed by atoms with E-state index in [4.69, 9.17) is 4.74 Å². The van der Waals surface area contributed by atoms with Gasteiger partial charge in [0.25, 0.3) is 5.91 Å². The lowest BCUT2D eigenvalue weighted by molar-refractivity contribution is 0.0743. The number of hydrogen-bond acceptors (Lipinski definition) is 4. The van der Waals surface area contributed by atoms with Gasteiger partial charge in [-0.1, -0.05) is 20.8 Å². The molecule has 0 aliphatic carbocycles. The Bertz CT molecular complexity index is 393. The lowest BCUT2D eigenvalue weighted by Crippen LogP contribution is -2.29. The van der Waals surface area contributed by atoms with Crippen molar-refractivity contribution in [2.24, 2.45) is 0 Å². The third kappa shape index (κ3) is 4.44. The number of carbonyl (C=O) groups excluding carboxylic acids is 1. The third-order valence-electron chi connectivity index (χ3n) is 2.24. The third-order valence-corrected chi connectivity index (χ3v) is 2.24. The molecule has 1 amide bonds. The molecule has 0 spiro atoms. The molecular formula is C12H22N4O2. The maximum absolute atomic E-state index is 11.7. The lowest BCUT2D eigenvalue weighted by atomic mass is 9.96. The van der Waals surface area contributed by atoms with Crippen LogP contribution in [0.2, 0.25) is 0 Å². The number of nitrogens with one attached hydrogen (secondary N) is 2. The monoisotopic (exact) mass is 254 g/mol. The van der Waals surface area contributed by atoms with E-state index in [0.717, 1.165) is 0 Å². The molecule has 0 radical (unpaired) electrons. The number of aromatic nitrogens is 3. The van der Waals surface area contributed by atoms with E-state index < -0.39 is 0 Å². The Labute approximate surface area is 108 Å². The summed E-state index contributed by atoms with van der Waals surface area (Å²) in [5.41, 5.74) is -0.147. The number of ether oxygens (including phenoxy) is 1. The number of aromatic amines is 1. The quantitative estimate of drug-likeness (QED) is 0.775. The molecule has 0 fully saturated rings. The lowest BCUT2D eigenvalue weighted by Gasteiger charge is -2.12. The molecule has 0 atom stereocenters. The fourth-order valence-corrected chi connectivity index (χ4v) is 1.24. The number of nitrogens with zero attached hydrogens (tertiary/aromatic N) is 2. The minimum Gasteiger partial charge on any atom is -0.377 e. The van der Waals surface area contributed by atoms with Crippen molar-refractivity contribution in [3.8, 4) is 0 Å². The average molecular weight is 254 g/mol. The zero-order valence-electron chi connectivity index (χ0n) is 11.7. The Morgan fingerprint density at radius 1 is 1.44 bits per heavy atom. The number of rotatable bonds is 5. The van der Waals surface area contributed by atoms with Gasteiger partial charge in [0.1, 0.15) is 5.82 Å². The van der Waals surface area contributed by atoms with E-state index >= 15 is 0 Å². The van der Waals surface area contributed by atoms with Crippen LogP contribution in [-0.4, -0.2) is 40.3 Å². The molecule has 1 heterocycles. The summed E-state index contributed by atoms with van der Waals surface area (Å²) in [6, 6.07) is 0. The summed E-state index contributed by atoms with van der Waals surface area (Å²) in [5.74, 6) is 0.588. The standard InChI is InChI=1S/C12H22N4O2/c1-8(2)18-7-6-13-10(17)9-14-11(16-15-9)12(3,4)5/h8H,6-7H2,1-5H3,(H,13,17)(H,14,15,16). The molecule has 0 aliphatic heterocycles. The molecule has 102 valence electrons. The van der Waals surface area contributed by atoms with Crippen LogP contribution in [0.4, 0.5) is 0 Å². The van der Waals surface area contributed by atoms with Crippen LogP contribution in [0.5, 0.6) is 0 Å². The van der Waals surface area contributed by atoms with Gasteiger partial charge in [0.2, 0.25) is 5.82 Å². The normalized spacial score (nSPS) is 11.9. The van der Waals surface area contributed by atoms with Crippen LogP contribution in [-0.2, 0) is 10.2 Å². The summed E-state index contributed by atoms with van der Waals surface area (Å²) in [6.07, 6.45) is 0.165. The summed E-state index contributed by atoms with van der Waals surface area (Å²) in [7, 11) is 0. The molecule has 1 aromatic heterocycles. The molecule has 0 aliphatic rings. The van der Waals surface area contributed by atoms with Crippen LogP contribution in [0.3, 0.4) is 0 Å². The Morgan fingerprint density at radius 3 is 2.61 bits per heavy atom. The van der Waals surface area contributed by atoms with E-state index in [1.54, 1.807) is 0 Å². The van der Waals surface area contributed by atoms with Crippen molar-refractivity contribution in [1.29, 1.82) is 0 Å². The minimum atomic E-state index is -0.283. The van der Waals surface area contributed by atoms with Crippen molar-refractivity contribution in [2.45, 2.75) is 46.1 Å². The van der Waals surface area contributed by atoms with Crippen LogP contribution in [0.25, 0.3) is 0 Å². The van der Waals surface area contributed by atoms with Crippen molar-refractivity contribution in [2.75, 3.05) is 13.2 Å². The smallest absolute Gasteiger partial charge is 0.291 e. The number of carbonyl (C=O) groups is 1. The molecule has 0 bridgehead atoms. The van der Waals surface area contributed by atoms with Gasteiger partial charge in [-0.2, -0.15) is 0 Å². The SMILES string of the molecule is CC(C)OCCNC(=O)c1n[nH]c(C(C)(C)C)n1. The topological polar surface area (TPSA) is 79.9 Å². The van der Waals surface area contributed by atoms with Gasteiger partial charge < -0.3 is 10.1 Å². The second-order valence-corrected chi connectivity index (χ2v) is 5.43. The molecule has 6 nitrogen and oxygen atoms in total. The minimum absolute atomic E-state index is 0.147. The first-order chi connectivity index (χ1) is 8.30. The first-order valence-corrected chi connectivity index (χ1v) is 6.13. The maximum atomic E-state index is 11.7. The highest BCUT2D eigenvalue weighted by molar-refractivity contribution is 5.90. The Balaban J connectivity index is 2.45. The Hall–Kier alpha value is -1.43. The van der Waals surface area contributed by atoms with Gasteiger partial charge in [-0.25, -0.2) is 4.98 Å². The summed E-state index contributed by atoms with van der Waals surface area (Å²) >= 11 is 0. The molecule has 0 aromatic carbocycles. The first kappa shape index (κ1) is 14.6. The van der Waals surface area contributed by atoms with Crippen molar-refractivity contribution >= 4 is 5.91 Å². The van der Waals surface area contributed by atoms with Gasteiger partial charge in [-0.3, -0.25) is 9.89 Å². The van der Waals surface area contributed by atoms with E-state index in [1.807, 2.05) is 34.6 Å². The Morgan fingerprint density at radius 2 is 2.11 bits per heavy atom. The largest absolute Gasteiger partial charge is 0.377 e. The fraction of sp³-hybridized carbons (Fsp3) is 0.750. The molecule has 0 saturated heterocycles. The average Bonchev–Trinajstić information content (AvgIpc) is 2.72. The highest BCUT2D eigenvalue weighted by Gasteiger charge is 2.20. The number of hydrogen-bond donors (Lipinski definition) is 2. The number of amides is 1. The summed E-state index contributed by atoms with van der Waals surface area (Å²) in [4.78, 5) is 15.9. The molecule has 1 aromatic rings. The summed E-state index contributed by atoms with van der Waals surface area (Å²) in [6.45, 7) is 10.9. The summed E-state index contributed by atoms with van der Waals surface area (Å²) in [5, 5.41) is 9.40. The molecule has 2 N–H and O–H groups in total. The van der Waals surface area contributed by atoms with E-state index in [2.05, 4.69) is 20.5 Å². The first-order valence-electron chi connectivity index (χ1n) is 6.13. The number of H-pyrrole nitrogens is 1. The van der Waals surface area contributed by atoms with Gasteiger partial charge in [-0.05, 0) is 13.8 Å². The zero-order chi connectivity index (χ0) is 13.8. The maximum Gasteiger partial charge on any atom is 0.291 e. The molecule has 0 saturated carbocycles. The van der Waals surface area contributed by atoms with Gasteiger partial charge in [0, 0.05) is 12.0 Å². The van der Waals surface area contributed by atoms with E-state index in [0.29, 0.717) is 19.0 Å². The molecule has 18 heavy (non-hydrogen) atoms. The van der Waals surface area contributed by atoms with Crippen LogP contribution in [0.1, 0.15) is 51.1 Å². The van der Waals surface area contributed by atoms with Crippen LogP contribution in [0.15, 0.2) is 0 Å². The van der Waals surface area contributed by atoms with Crippen molar-refractivity contribution < 1.29 is 9.53 Å². The van der Waals surface area contributed by atoms with Gasteiger partial charge >= 0.3 is 0 Å². The van der Waals surface area contributed by atoms with Crippen LogP contribution in [0, 0.1) is 0 Å². The Kier molecular flexibility index (Phi) is 4.84. The predicted octanol–water partition coefficient (Wildman–Crippen LogP) is 1.26. The zero-order valence-corrected chi connectivity index (χ0v) is 11.7. The van der Waals surface area contributed by atoms with E-state index in [9.17, 15) is 4.79 Å². The van der Waals surface area contributed by atoms with Gasteiger partial charge in [0.15, 0.2) is 0 Å². The second kappa shape index (κ2) is 5.95.